The second kappa shape index (κ2) is 7.74. The van der Waals surface area contributed by atoms with Gasteiger partial charge in [0.15, 0.2) is 0 Å². The second-order valence-corrected chi connectivity index (χ2v) is 8.69. The standard InChI is InChI=1S/C21H26N2O3S/c1-15(2)26-17-9-11-18(12-10-17)27(24,25)22-14-13-19-16(3)23(4)21-8-6-5-7-20(19)21/h5-12,15,22H,13-14H2,1-4H3. The highest BCUT2D eigenvalue weighted by atomic mass is 32.2. The summed E-state index contributed by atoms with van der Waals surface area (Å²) in [6, 6.07) is 14.7. The van der Waals surface area contributed by atoms with Crippen molar-refractivity contribution >= 4 is 20.9 Å². The van der Waals surface area contributed by atoms with Crippen LogP contribution in [-0.2, 0) is 23.5 Å². The predicted molar refractivity (Wildman–Crippen MR) is 109 cm³/mol. The maximum absolute atomic E-state index is 12.6. The molecule has 0 spiro atoms. The molecule has 0 fully saturated rings. The molecule has 3 rings (SSSR count). The molecule has 0 unspecified atom stereocenters. The topological polar surface area (TPSA) is 60.3 Å². The van der Waals surface area contributed by atoms with Crippen LogP contribution in [0, 0.1) is 6.92 Å². The van der Waals surface area contributed by atoms with E-state index in [1.165, 1.54) is 10.9 Å². The van der Waals surface area contributed by atoms with Gasteiger partial charge in [-0.1, -0.05) is 18.2 Å². The lowest BCUT2D eigenvalue weighted by atomic mass is 10.1. The van der Waals surface area contributed by atoms with Crippen LogP contribution < -0.4 is 9.46 Å². The van der Waals surface area contributed by atoms with Gasteiger partial charge in [0.05, 0.1) is 11.0 Å². The highest BCUT2D eigenvalue weighted by Gasteiger charge is 2.16. The zero-order valence-electron chi connectivity index (χ0n) is 16.2. The maximum atomic E-state index is 12.6. The Morgan fingerprint density at radius 3 is 2.41 bits per heavy atom. The third-order valence-corrected chi connectivity index (χ3v) is 6.18. The molecule has 27 heavy (non-hydrogen) atoms. The molecule has 0 aliphatic carbocycles. The Morgan fingerprint density at radius 1 is 1.07 bits per heavy atom. The van der Waals surface area contributed by atoms with Crippen LogP contribution >= 0.6 is 0 Å². The number of aromatic nitrogens is 1. The van der Waals surface area contributed by atoms with Gasteiger partial charge in [0.1, 0.15) is 5.75 Å². The molecule has 1 aromatic heterocycles. The predicted octanol–water partition coefficient (Wildman–Crippen LogP) is 3.79. The third kappa shape index (κ3) is 4.17. The lowest BCUT2D eigenvalue weighted by Gasteiger charge is -2.11. The first-order chi connectivity index (χ1) is 12.8. The Labute approximate surface area is 161 Å². The van der Waals surface area contributed by atoms with Crippen molar-refractivity contribution < 1.29 is 13.2 Å². The highest BCUT2D eigenvalue weighted by molar-refractivity contribution is 7.89. The number of benzene rings is 2. The van der Waals surface area contributed by atoms with E-state index in [-0.39, 0.29) is 11.0 Å². The van der Waals surface area contributed by atoms with Gasteiger partial charge >= 0.3 is 0 Å². The molecule has 6 heteroatoms. The fourth-order valence-corrected chi connectivity index (χ4v) is 4.31. The van der Waals surface area contributed by atoms with Crippen LogP contribution in [0.3, 0.4) is 0 Å². The second-order valence-electron chi connectivity index (χ2n) is 6.93. The first-order valence-electron chi connectivity index (χ1n) is 9.09. The van der Waals surface area contributed by atoms with Crippen LogP contribution in [0.4, 0.5) is 0 Å². The summed E-state index contributed by atoms with van der Waals surface area (Å²) in [6.07, 6.45) is 0.690. The first-order valence-corrected chi connectivity index (χ1v) is 10.6. The average molecular weight is 387 g/mol. The monoisotopic (exact) mass is 386 g/mol. The molecule has 2 aromatic carbocycles. The number of nitrogens with one attached hydrogen (secondary N) is 1. The van der Waals surface area contributed by atoms with Gasteiger partial charge in [0, 0.05) is 30.2 Å². The van der Waals surface area contributed by atoms with E-state index < -0.39 is 10.0 Å². The fourth-order valence-electron chi connectivity index (χ4n) is 3.28. The van der Waals surface area contributed by atoms with Crippen LogP contribution in [0.25, 0.3) is 10.9 Å². The Balaban J connectivity index is 1.71. The molecule has 0 bridgehead atoms. The number of hydrogen-bond donors (Lipinski definition) is 1. The van der Waals surface area contributed by atoms with Gasteiger partial charge in [-0.15, -0.1) is 0 Å². The van der Waals surface area contributed by atoms with E-state index >= 15 is 0 Å². The Bertz CT molecular complexity index is 1040. The lowest BCUT2D eigenvalue weighted by Crippen LogP contribution is -2.26. The number of aryl methyl sites for hydroxylation is 1. The van der Waals surface area contributed by atoms with Crippen LogP contribution in [-0.4, -0.2) is 25.6 Å². The first kappa shape index (κ1) is 19.5. The molecular formula is C21H26N2O3S. The summed E-state index contributed by atoms with van der Waals surface area (Å²) >= 11 is 0. The molecule has 0 aliphatic heterocycles. The largest absolute Gasteiger partial charge is 0.491 e. The molecule has 144 valence electrons. The highest BCUT2D eigenvalue weighted by Crippen LogP contribution is 2.25. The molecule has 0 saturated heterocycles. The van der Waals surface area contributed by atoms with Crippen molar-refractivity contribution in [3.8, 4) is 5.75 Å². The zero-order chi connectivity index (χ0) is 19.6. The van der Waals surface area contributed by atoms with Crippen molar-refractivity contribution in [3.63, 3.8) is 0 Å². The Morgan fingerprint density at radius 2 is 1.74 bits per heavy atom. The summed E-state index contributed by atoms with van der Waals surface area (Å²) in [7, 11) is -1.51. The molecular weight excluding hydrogens is 360 g/mol. The van der Waals surface area contributed by atoms with E-state index in [2.05, 4.69) is 28.3 Å². The lowest BCUT2D eigenvalue weighted by molar-refractivity contribution is 0.242. The van der Waals surface area contributed by atoms with Crippen LogP contribution in [0.2, 0.25) is 0 Å². The zero-order valence-corrected chi connectivity index (χ0v) is 17.0. The van der Waals surface area contributed by atoms with E-state index in [1.807, 2.05) is 33.0 Å². The van der Waals surface area contributed by atoms with Gasteiger partial charge < -0.3 is 9.30 Å². The summed E-state index contributed by atoms with van der Waals surface area (Å²) < 4.78 is 35.5. The van der Waals surface area contributed by atoms with Gasteiger partial charge in [-0.3, -0.25) is 0 Å². The summed E-state index contributed by atoms with van der Waals surface area (Å²) in [4.78, 5) is 0.244. The number of ether oxygens (including phenoxy) is 1. The smallest absolute Gasteiger partial charge is 0.240 e. The van der Waals surface area contributed by atoms with Gasteiger partial charge in [-0.2, -0.15) is 0 Å². The minimum Gasteiger partial charge on any atom is -0.491 e. The van der Waals surface area contributed by atoms with Crippen LogP contribution in [0.1, 0.15) is 25.1 Å². The quantitative estimate of drug-likeness (QED) is 0.672. The summed E-state index contributed by atoms with van der Waals surface area (Å²) in [6.45, 7) is 6.28. The number of rotatable bonds is 7. The van der Waals surface area contributed by atoms with E-state index in [0.717, 1.165) is 11.2 Å². The van der Waals surface area contributed by atoms with Crippen molar-refractivity contribution in [3.05, 3.63) is 59.8 Å². The Kier molecular flexibility index (Phi) is 5.58. The van der Waals surface area contributed by atoms with Crippen molar-refractivity contribution in [2.75, 3.05) is 6.54 Å². The number of hydrogen-bond acceptors (Lipinski definition) is 3. The maximum Gasteiger partial charge on any atom is 0.240 e. The minimum atomic E-state index is -3.55. The summed E-state index contributed by atoms with van der Waals surface area (Å²) in [5.74, 6) is 0.662. The van der Waals surface area contributed by atoms with Gasteiger partial charge in [0.2, 0.25) is 10.0 Å². The number of para-hydroxylation sites is 1. The van der Waals surface area contributed by atoms with Crippen LogP contribution in [0.15, 0.2) is 53.4 Å². The molecule has 5 nitrogen and oxygen atoms in total. The molecule has 0 saturated carbocycles. The number of sulfonamides is 1. The van der Waals surface area contributed by atoms with E-state index in [1.54, 1.807) is 24.3 Å². The number of fused-ring (bicyclic) bond motifs is 1. The normalized spacial score (nSPS) is 12.0. The van der Waals surface area contributed by atoms with Gasteiger partial charge in [-0.05, 0) is 63.1 Å². The van der Waals surface area contributed by atoms with Crippen molar-refractivity contribution in [2.24, 2.45) is 7.05 Å². The fraction of sp³-hybridized carbons (Fsp3) is 0.333. The molecule has 3 aromatic rings. The third-order valence-electron chi connectivity index (χ3n) is 4.70. The average Bonchev–Trinajstić information content (AvgIpc) is 2.87. The van der Waals surface area contributed by atoms with Gasteiger partial charge in [0.25, 0.3) is 0 Å². The minimum absolute atomic E-state index is 0.0505. The van der Waals surface area contributed by atoms with Gasteiger partial charge in [-0.25, -0.2) is 13.1 Å². The SMILES string of the molecule is Cc1c(CCNS(=O)(=O)c2ccc(OC(C)C)cc2)c2ccccc2n1C. The van der Waals surface area contributed by atoms with E-state index in [9.17, 15) is 8.42 Å². The van der Waals surface area contributed by atoms with Crippen molar-refractivity contribution in [1.82, 2.24) is 9.29 Å². The summed E-state index contributed by atoms with van der Waals surface area (Å²) in [5.41, 5.74) is 3.50. The van der Waals surface area contributed by atoms with E-state index in [0.29, 0.717) is 18.7 Å². The summed E-state index contributed by atoms with van der Waals surface area (Å²) in [5, 5.41) is 1.17. The number of nitrogens with zero attached hydrogens (tertiary/aromatic N) is 1. The Hall–Kier alpha value is -2.31. The molecule has 1 N–H and O–H groups in total. The van der Waals surface area contributed by atoms with Crippen LogP contribution in [0.5, 0.6) is 5.75 Å². The van der Waals surface area contributed by atoms with Crippen molar-refractivity contribution in [1.29, 1.82) is 0 Å². The molecule has 0 aliphatic rings. The molecule has 0 amide bonds. The molecule has 1 heterocycles. The van der Waals surface area contributed by atoms with E-state index in [4.69, 9.17) is 4.74 Å². The molecule has 0 radical (unpaired) electrons. The molecule has 0 atom stereocenters. The van der Waals surface area contributed by atoms with Crippen molar-refractivity contribution in [2.45, 2.75) is 38.2 Å².